The zero-order valence-corrected chi connectivity index (χ0v) is 15.0. The van der Waals surface area contributed by atoms with Crippen LogP contribution >= 0.6 is 50.9 Å². The highest BCUT2D eigenvalue weighted by molar-refractivity contribution is 9.10. The maximum atomic E-state index is 12.0. The third kappa shape index (κ3) is 5.33. The van der Waals surface area contributed by atoms with E-state index in [4.69, 9.17) is 23.2 Å². The highest BCUT2D eigenvalue weighted by Crippen LogP contribution is 2.28. The molecule has 0 heterocycles. The van der Waals surface area contributed by atoms with Gasteiger partial charge in [0.05, 0.1) is 10.0 Å². The number of carbonyl (C=O) groups excluding carboxylic acids is 1. The Morgan fingerprint density at radius 3 is 2.43 bits per heavy atom. The van der Waals surface area contributed by atoms with E-state index in [2.05, 4.69) is 15.9 Å². The first-order valence-electron chi connectivity index (χ1n) is 6.43. The van der Waals surface area contributed by atoms with Gasteiger partial charge in [-0.1, -0.05) is 51.3 Å². The minimum absolute atomic E-state index is 0.178. The van der Waals surface area contributed by atoms with E-state index in [0.29, 0.717) is 16.5 Å². The number of hydrogen-bond acceptors (Lipinski definition) is 2. The summed E-state index contributed by atoms with van der Waals surface area (Å²) in [7, 11) is 0. The van der Waals surface area contributed by atoms with Gasteiger partial charge < -0.3 is 0 Å². The van der Waals surface area contributed by atoms with Crippen LogP contribution in [0.1, 0.15) is 23.2 Å². The number of benzene rings is 2. The first-order chi connectivity index (χ1) is 10.1. The van der Waals surface area contributed by atoms with E-state index in [1.54, 1.807) is 17.8 Å². The zero-order valence-electron chi connectivity index (χ0n) is 11.1. The van der Waals surface area contributed by atoms with Crippen molar-refractivity contribution >= 4 is 56.7 Å². The normalized spacial score (nSPS) is 10.6. The zero-order chi connectivity index (χ0) is 15.2. The van der Waals surface area contributed by atoms with Gasteiger partial charge in [-0.25, -0.2) is 0 Å². The number of thioether (sulfide) groups is 1. The molecule has 0 unspecified atom stereocenters. The van der Waals surface area contributed by atoms with Gasteiger partial charge in [0.2, 0.25) is 0 Å². The lowest BCUT2D eigenvalue weighted by Gasteiger charge is -2.04. The minimum Gasteiger partial charge on any atom is -0.294 e. The van der Waals surface area contributed by atoms with Crippen LogP contribution in [-0.2, 0) is 0 Å². The van der Waals surface area contributed by atoms with Crippen LogP contribution in [0.3, 0.4) is 0 Å². The highest BCUT2D eigenvalue weighted by atomic mass is 79.9. The van der Waals surface area contributed by atoms with Gasteiger partial charge in [0, 0.05) is 21.4 Å². The lowest BCUT2D eigenvalue weighted by molar-refractivity contribution is 0.0982. The monoisotopic (exact) mass is 402 g/mol. The Hall–Kier alpha value is -0.480. The molecule has 2 aromatic rings. The lowest BCUT2D eigenvalue weighted by atomic mass is 10.1. The summed E-state index contributed by atoms with van der Waals surface area (Å²) in [4.78, 5) is 13.1. The van der Waals surface area contributed by atoms with Crippen LogP contribution in [0.5, 0.6) is 0 Å². The predicted molar refractivity (Wildman–Crippen MR) is 94.9 cm³/mol. The summed E-state index contributed by atoms with van der Waals surface area (Å²) in [5.74, 6) is 1.05. The molecule has 1 nitrogen and oxygen atoms in total. The van der Waals surface area contributed by atoms with Gasteiger partial charge in [-0.3, -0.25) is 4.79 Å². The van der Waals surface area contributed by atoms with E-state index in [-0.39, 0.29) is 5.78 Å². The van der Waals surface area contributed by atoms with E-state index in [1.807, 2.05) is 36.4 Å². The Kier molecular flexibility index (Phi) is 6.62. The lowest BCUT2D eigenvalue weighted by Crippen LogP contribution is -1.99. The Labute approximate surface area is 147 Å². The molecule has 0 atom stereocenters. The summed E-state index contributed by atoms with van der Waals surface area (Å²) in [5, 5.41) is 1.12. The Morgan fingerprint density at radius 2 is 1.76 bits per heavy atom. The fraction of sp³-hybridized carbons (Fsp3) is 0.188. The predicted octanol–water partition coefficient (Wildman–Crippen LogP) is 6.51. The molecule has 0 radical (unpaired) electrons. The molecule has 0 fully saturated rings. The number of ketones is 1. The molecule has 0 saturated heterocycles. The molecule has 2 aromatic carbocycles. The van der Waals surface area contributed by atoms with Gasteiger partial charge in [-0.2, -0.15) is 0 Å². The van der Waals surface area contributed by atoms with Crippen LogP contribution in [0, 0.1) is 0 Å². The number of Topliss-reactive ketones (excluding diaryl/α,β-unsaturated/α-hetero) is 1. The second-order valence-electron chi connectivity index (χ2n) is 4.46. The van der Waals surface area contributed by atoms with Crippen LogP contribution < -0.4 is 0 Å². The van der Waals surface area contributed by atoms with Crippen molar-refractivity contribution in [3.05, 3.63) is 62.5 Å². The summed E-state index contributed by atoms with van der Waals surface area (Å²) >= 11 is 16.9. The average molecular weight is 404 g/mol. The number of rotatable bonds is 6. The third-order valence-corrected chi connectivity index (χ3v) is 5.22. The minimum atomic E-state index is 0.178. The van der Waals surface area contributed by atoms with Crippen LogP contribution in [0.2, 0.25) is 10.0 Å². The molecule has 5 heteroatoms. The van der Waals surface area contributed by atoms with Crippen LogP contribution in [-0.4, -0.2) is 11.5 Å². The van der Waals surface area contributed by atoms with Gasteiger partial charge in [-0.05, 0) is 42.5 Å². The number of halogens is 3. The van der Waals surface area contributed by atoms with Crippen LogP contribution in [0.4, 0.5) is 0 Å². The van der Waals surface area contributed by atoms with Gasteiger partial charge in [-0.15, -0.1) is 11.8 Å². The molecule has 0 amide bonds. The van der Waals surface area contributed by atoms with E-state index in [9.17, 15) is 4.79 Å². The molecule has 110 valence electrons. The van der Waals surface area contributed by atoms with Crippen molar-refractivity contribution in [2.24, 2.45) is 0 Å². The van der Waals surface area contributed by atoms with Crippen molar-refractivity contribution in [1.29, 1.82) is 0 Å². The van der Waals surface area contributed by atoms with Crippen molar-refractivity contribution in [2.75, 3.05) is 5.75 Å². The second-order valence-corrected chi connectivity index (χ2v) is 7.36. The molecule has 2 rings (SSSR count). The second kappa shape index (κ2) is 8.23. The van der Waals surface area contributed by atoms with Gasteiger partial charge >= 0.3 is 0 Å². The molecular formula is C16H13BrCl2OS. The molecule has 21 heavy (non-hydrogen) atoms. The van der Waals surface area contributed by atoms with Crippen LogP contribution in [0.15, 0.2) is 51.8 Å². The molecule has 0 bridgehead atoms. The average Bonchev–Trinajstić information content (AvgIpc) is 2.47. The molecule has 0 aliphatic rings. The maximum absolute atomic E-state index is 12.0. The maximum Gasteiger partial charge on any atom is 0.162 e. The molecule has 0 aromatic heterocycles. The van der Waals surface area contributed by atoms with Crippen molar-refractivity contribution in [1.82, 2.24) is 0 Å². The number of carbonyl (C=O) groups is 1. The largest absolute Gasteiger partial charge is 0.294 e. The summed E-state index contributed by atoms with van der Waals surface area (Å²) in [6, 6.07) is 13.0. The summed E-state index contributed by atoms with van der Waals surface area (Å²) < 4.78 is 0.981. The first kappa shape index (κ1) is 16.9. The van der Waals surface area contributed by atoms with Crippen molar-refractivity contribution in [3.63, 3.8) is 0 Å². The first-order valence-corrected chi connectivity index (χ1v) is 8.96. The quantitative estimate of drug-likeness (QED) is 0.310. The van der Waals surface area contributed by atoms with Crippen LogP contribution in [0.25, 0.3) is 0 Å². The molecule has 0 aliphatic carbocycles. The smallest absolute Gasteiger partial charge is 0.162 e. The van der Waals surface area contributed by atoms with E-state index < -0.39 is 0 Å². The standard InChI is InChI=1S/C16H13BrCl2OS/c17-12-5-3-11(4-6-12)16(20)2-1-9-21-13-7-8-14(18)15(19)10-13/h3-8,10H,1-2,9H2. The van der Waals surface area contributed by atoms with Crippen molar-refractivity contribution in [2.45, 2.75) is 17.7 Å². The van der Waals surface area contributed by atoms with E-state index in [0.717, 1.165) is 27.1 Å². The fourth-order valence-electron chi connectivity index (χ4n) is 1.77. The number of hydrogen-bond donors (Lipinski definition) is 0. The Morgan fingerprint density at radius 1 is 1.05 bits per heavy atom. The van der Waals surface area contributed by atoms with Crippen molar-refractivity contribution in [3.8, 4) is 0 Å². The molecular weight excluding hydrogens is 391 g/mol. The highest BCUT2D eigenvalue weighted by Gasteiger charge is 2.06. The summed E-state index contributed by atoms with van der Waals surface area (Å²) in [6.07, 6.45) is 1.38. The fourth-order valence-corrected chi connectivity index (χ4v) is 3.29. The topological polar surface area (TPSA) is 17.1 Å². The third-order valence-electron chi connectivity index (χ3n) is 2.87. The SMILES string of the molecule is O=C(CCCSc1ccc(Cl)c(Cl)c1)c1ccc(Br)cc1. The molecule has 0 spiro atoms. The van der Waals surface area contributed by atoms with E-state index >= 15 is 0 Å². The molecule has 0 saturated carbocycles. The van der Waals surface area contributed by atoms with Crippen molar-refractivity contribution < 1.29 is 4.79 Å². The Bertz CT molecular complexity index is 629. The van der Waals surface area contributed by atoms with Gasteiger partial charge in [0.25, 0.3) is 0 Å². The van der Waals surface area contributed by atoms with Gasteiger partial charge in [0.1, 0.15) is 0 Å². The van der Waals surface area contributed by atoms with E-state index in [1.165, 1.54) is 0 Å². The Balaban J connectivity index is 1.77. The molecule has 0 N–H and O–H groups in total. The molecule has 0 aliphatic heterocycles. The van der Waals surface area contributed by atoms with Gasteiger partial charge in [0.15, 0.2) is 5.78 Å². The summed E-state index contributed by atoms with van der Waals surface area (Å²) in [6.45, 7) is 0. The summed E-state index contributed by atoms with van der Waals surface area (Å²) in [5.41, 5.74) is 0.762.